The van der Waals surface area contributed by atoms with Gasteiger partial charge in [-0.25, -0.2) is 13.8 Å². The normalized spacial score (nSPS) is 10.8. The molecular weight excluding hydrogens is 1890 g/mol. The molecule has 0 unspecified atom stereocenters. The lowest BCUT2D eigenvalue weighted by Crippen LogP contribution is -2.16. The Labute approximate surface area is 820 Å². The monoisotopic (exact) mass is 1980 g/mol. The SMILES string of the molecule is C=CC(=O)Nc1ccccc1Cc1ccc2c(ccn2C(=O)c2c(Cl)c(OC)cc(OC)c2Cl)n1.C=CC(=O)Nc1ccccc1Cc1ccc2c(ccn2C(=O)c2c(F)c(OC)cc(OC)c2F)n1.C=CC(=O)Nc1ccccc1Cc1ccc2c(ccn2Cc2c(Cl)c(OC)cc(OC)c2Cl)n1.C=CC(=O)Nc1ccccc1Cc1ccc2c(cnn2Cc2c(Cl)c(OC)cc(OC)c2Cl)n1. The van der Waals surface area contributed by atoms with E-state index in [1.807, 2.05) is 132 Å². The van der Waals surface area contributed by atoms with Crippen molar-refractivity contribution in [3.8, 4) is 46.0 Å². The first-order valence-electron chi connectivity index (χ1n) is 41.9. The van der Waals surface area contributed by atoms with Crippen LogP contribution in [0.2, 0.25) is 30.1 Å². The van der Waals surface area contributed by atoms with Gasteiger partial charge in [0.15, 0.2) is 23.1 Å². The molecule has 4 N–H and O–H groups in total. The first-order chi connectivity index (χ1) is 66.6. The third-order valence-corrected chi connectivity index (χ3v) is 24.2. The summed E-state index contributed by atoms with van der Waals surface area (Å²) in [5.41, 5.74) is 15.5. The van der Waals surface area contributed by atoms with Gasteiger partial charge in [-0.15, -0.1) is 0 Å². The van der Waals surface area contributed by atoms with Crippen LogP contribution in [0.3, 0.4) is 0 Å². The van der Waals surface area contributed by atoms with Crippen LogP contribution in [0.5, 0.6) is 46.0 Å². The highest BCUT2D eigenvalue weighted by molar-refractivity contribution is 6.42. The van der Waals surface area contributed by atoms with Gasteiger partial charge < -0.3 is 63.7 Å². The van der Waals surface area contributed by atoms with Crippen LogP contribution < -0.4 is 59.2 Å². The summed E-state index contributed by atoms with van der Waals surface area (Å²) in [4.78, 5) is 92.4. The topological polar surface area (TPSA) is 309 Å². The van der Waals surface area contributed by atoms with Crippen LogP contribution in [0.25, 0.3) is 44.1 Å². The Balaban J connectivity index is 0.000000155. The lowest BCUT2D eigenvalue weighted by atomic mass is 10.1. The number of aromatic nitrogens is 9. The van der Waals surface area contributed by atoms with Gasteiger partial charge in [-0.1, -0.05) is 169 Å². The fourth-order valence-electron chi connectivity index (χ4n) is 14.8. The molecule has 0 spiro atoms. The first-order valence-corrected chi connectivity index (χ1v) is 44.1. The van der Waals surface area contributed by atoms with Crippen molar-refractivity contribution in [2.75, 3.05) is 78.1 Å². The Hall–Kier alpha value is -15.4. The van der Waals surface area contributed by atoms with Crippen LogP contribution in [0.1, 0.15) is 76.9 Å². The zero-order valence-corrected chi connectivity index (χ0v) is 79.9. The van der Waals surface area contributed by atoms with Crippen molar-refractivity contribution in [1.82, 2.24) is 43.4 Å². The Bertz CT molecular complexity index is 6880. The summed E-state index contributed by atoms with van der Waals surface area (Å²) >= 11 is 39.0. The number of carbonyl (C=O) groups excluding carboxylic acids is 6. The number of anilines is 4. The molecule has 0 bridgehead atoms. The summed E-state index contributed by atoms with van der Waals surface area (Å²) in [5, 5.41) is 17.6. The van der Waals surface area contributed by atoms with Gasteiger partial charge in [0.05, 0.1) is 150 Å². The van der Waals surface area contributed by atoms with Gasteiger partial charge in [0.25, 0.3) is 11.8 Å². The van der Waals surface area contributed by atoms with Gasteiger partial charge in [0.2, 0.25) is 23.6 Å². The standard InChI is InChI=1S/C26H21Cl2N3O4.C26H23Cl2N3O3.C26H21F2N3O4.C25H22Cl2N4O3/c1-4-22(32)30-17-8-6-5-7-15(17)13-16-9-10-19-18(29-16)11-12-31(19)26(33)23-24(27)20(34-2)14-21(35-3)25(23)28;1-4-24(32)30-19-8-6-5-7-16(19)13-17-9-10-21-20(29-17)11-12-31(21)15-18-25(27)22(33-2)14-23(34-3)26(18)28;1-4-22(32)30-17-8-6-5-7-15(17)13-16-9-10-19-18(29-16)11-12-31(19)26(33)23-24(27)20(34-2)14-21(35-3)25(23)28;1-4-23(32)30-18-8-6-5-7-15(18)11-16-9-10-20-19(29-16)13-28-31(20)14-17-24(26)21(33-2)12-22(34-3)25(17)27/h4-12,14H,1,13H2,2-3H3,(H,30,32);4-12,14H,1,13,15H2,2-3H3,(H,30,32);4-12,14H,1,13H2,2-3H3,(H,30,32);4-10,12-13H,1,11,14H2,2-3H3,(H,30,32). The number of hydrogen-bond acceptors (Lipinski definition) is 19. The minimum Gasteiger partial charge on any atom is -0.495 e. The number of methoxy groups -OCH3 is 8. The summed E-state index contributed by atoms with van der Waals surface area (Å²) < 4.78 is 77.9. The van der Waals surface area contributed by atoms with E-state index in [1.165, 1.54) is 83.8 Å². The number of para-hydroxylation sites is 4. The molecular formula is C103H87Cl6F2N13O14. The van der Waals surface area contributed by atoms with E-state index in [0.717, 1.165) is 83.4 Å². The number of halogens is 8. The molecule has 27 nitrogen and oxygen atoms in total. The van der Waals surface area contributed by atoms with Crippen molar-refractivity contribution >= 4 is 172 Å². The van der Waals surface area contributed by atoms with E-state index < -0.39 is 29.0 Å². The Morgan fingerprint density at radius 2 is 0.616 bits per heavy atom. The molecule has 16 aromatic rings. The zero-order valence-electron chi connectivity index (χ0n) is 75.4. The summed E-state index contributed by atoms with van der Waals surface area (Å²) in [6.07, 6.45) is 13.5. The molecule has 0 fully saturated rings. The molecule has 0 aliphatic heterocycles. The molecule has 0 radical (unpaired) electrons. The van der Waals surface area contributed by atoms with E-state index in [0.29, 0.717) is 132 Å². The van der Waals surface area contributed by atoms with Crippen LogP contribution in [0, 0.1) is 11.6 Å². The number of hydrogen-bond donors (Lipinski definition) is 4. The third-order valence-electron chi connectivity index (χ3n) is 21.7. The van der Waals surface area contributed by atoms with Crippen molar-refractivity contribution < 1.29 is 75.4 Å². The van der Waals surface area contributed by atoms with Crippen molar-refractivity contribution in [2.45, 2.75) is 38.8 Å². The highest BCUT2D eigenvalue weighted by Gasteiger charge is 2.30. The van der Waals surface area contributed by atoms with Crippen molar-refractivity contribution in [2.24, 2.45) is 0 Å². The lowest BCUT2D eigenvalue weighted by molar-refractivity contribution is -0.112. The second-order valence-corrected chi connectivity index (χ2v) is 32.3. The van der Waals surface area contributed by atoms with E-state index in [4.69, 9.17) is 122 Å². The van der Waals surface area contributed by atoms with Gasteiger partial charge in [-0.3, -0.25) is 57.5 Å². The smallest absolute Gasteiger partial charge is 0.268 e. The molecule has 35 heteroatoms. The molecule has 0 aliphatic carbocycles. The van der Waals surface area contributed by atoms with Gasteiger partial charge in [-0.05, 0) is 138 Å². The average molecular weight is 1980 g/mol. The fourth-order valence-corrected chi connectivity index (χ4v) is 16.7. The van der Waals surface area contributed by atoms with Crippen LogP contribution in [0.15, 0.2) is 263 Å². The highest BCUT2D eigenvalue weighted by atomic mass is 35.5. The van der Waals surface area contributed by atoms with Crippen LogP contribution in [0.4, 0.5) is 31.5 Å². The maximum Gasteiger partial charge on any atom is 0.268 e. The Morgan fingerprint density at radius 3 is 0.957 bits per heavy atom. The molecule has 8 heterocycles. The maximum absolute atomic E-state index is 14.8. The average Bonchev–Trinajstić information content (AvgIpc) is 1.49. The number of fused-ring (bicyclic) bond motifs is 4. The minimum absolute atomic E-state index is 0.0676. The summed E-state index contributed by atoms with van der Waals surface area (Å²) in [6.45, 7) is 14.7. The highest BCUT2D eigenvalue weighted by Crippen LogP contribution is 2.45. The first kappa shape index (κ1) is 100. The zero-order chi connectivity index (χ0) is 98.7. The maximum atomic E-state index is 14.8. The molecule has 704 valence electrons. The number of ether oxygens (including phenoxy) is 8. The molecule has 8 aromatic heterocycles. The number of pyridine rings is 4. The number of rotatable bonds is 30. The second-order valence-electron chi connectivity index (χ2n) is 30.0. The van der Waals surface area contributed by atoms with E-state index >= 15 is 0 Å². The van der Waals surface area contributed by atoms with E-state index in [-0.39, 0.29) is 62.2 Å². The van der Waals surface area contributed by atoms with Gasteiger partial charge in [0.1, 0.15) is 45.6 Å². The number of carbonyl (C=O) groups is 6. The molecule has 16 rings (SSSR count). The third kappa shape index (κ3) is 22.6. The van der Waals surface area contributed by atoms with E-state index in [9.17, 15) is 37.5 Å². The van der Waals surface area contributed by atoms with Crippen molar-refractivity contribution in [1.29, 1.82) is 0 Å². The van der Waals surface area contributed by atoms with Gasteiger partial charge >= 0.3 is 0 Å². The second kappa shape index (κ2) is 45.8. The minimum atomic E-state index is -1.12. The van der Waals surface area contributed by atoms with E-state index in [2.05, 4.69) is 57.7 Å². The quantitative estimate of drug-likeness (QED) is 0.0304. The predicted octanol–water partition coefficient (Wildman–Crippen LogP) is 22.1. The molecule has 138 heavy (non-hydrogen) atoms. The molecule has 0 atom stereocenters. The largest absolute Gasteiger partial charge is 0.495 e. The van der Waals surface area contributed by atoms with Gasteiger partial charge in [0, 0.05) is 125 Å². The molecule has 0 saturated heterocycles. The Kier molecular flexibility index (Phi) is 33.2. The summed E-state index contributed by atoms with van der Waals surface area (Å²) in [6, 6.07) is 56.0. The number of nitrogens with one attached hydrogen (secondary N) is 4. The van der Waals surface area contributed by atoms with Crippen LogP contribution in [-0.2, 0) is 58.0 Å². The Morgan fingerprint density at radius 1 is 0.333 bits per heavy atom. The van der Waals surface area contributed by atoms with E-state index in [1.54, 1.807) is 85.9 Å². The predicted molar refractivity (Wildman–Crippen MR) is 535 cm³/mol. The molecule has 0 aliphatic rings. The lowest BCUT2D eigenvalue weighted by Gasteiger charge is -2.15. The van der Waals surface area contributed by atoms with Crippen LogP contribution >= 0.6 is 69.6 Å². The number of benzene rings is 8. The summed E-state index contributed by atoms with van der Waals surface area (Å²) in [5.74, 6) is -2.90. The number of nitrogens with zero attached hydrogens (tertiary/aromatic N) is 9. The molecule has 4 amide bonds. The van der Waals surface area contributed by atoms with Crippen LogP contribution in [-0.4, -0.2) is 136 Å². The molecule has 0 saturated carbocycles. The van der Waals surface area contributed by atoms with Gasteiger partial charge in [-0.2, -0.15) is 5.10 Å². The number of amides is 4. The summed E-state index contributed by atoms with van der Waals surface area (Å²) in [7, 11) is 11.5. The van der Waals surface area contributed by atoms with Crippen molar-refractivity contribution in [3.05, 3.63) is 373 Å². The fraction of sp³-hybridized carbons (Fsp3) is 0.136. The molecule has 8 aromatic carbocycles. The van der Waals surface area contributed by atoms with Crippen molar-refractivity contribution in [3.63, 3.8) is 0 Å².